The number of rotatable bonds is 0. The lowest BCUT2D eigenvalue weighted by atomic mass is 10.1. The Kier molecular flexibility index (Phi) is 0.845. The Labute approximate surface area is 39.0 Å². The molecule has 1 nitrogen and oxygen atoms in total. The van der Waals surface area contributed by atoms with Crippen molar-refractivity contribution in [3.05, 3.63) is 7.05 Å². The molecule has 6 heavy (non-hydrogen) atoms. The van der Waals surface area contributed by atoms with E-state index < -0.39 is 0 Å². The van der Waals surface area contributed by atoms with Gasteiger partial charge in [-0.15, -0.1) is 0 Å². The first-order chi connectivity index (χ1) is 2.80. The molecule has 1 fully saturated rings. The Morgan fingerprint density at radius 2 is 2.33 bits per heavy atom. The van der Waals surface area contributed by atoms with Crippen molar-refractivity contribution in [2.75, 3.05) is 6.54 Å². The van der Waals surface area contributed by atoms with Crippen molar-refractivity contribution in [3.63, 3.8) is 0 Å². The first-order valence-corrected chi connectivity index (χ1v) is 2.38. The molecule has 0 spiro atoms. The first-order valence-electron chi connectivity index (χ1n) is 2.38. The van der Waals surface area contributed by atoms with Gasteiger partial charge in [0.15, 0.2) is 0 Å². The molecule has 1 aliphatic rings. The maximum absolute atomic E-state index is 3.76. The topological polar surface area (TPSA) is 3.24 Å². The van der Waals surface area contributed by atoms with Gasteiger partial charge in [-0.25, -0.2) is 0 Å². The van der Waals surface area contributed by atoms with Crippen LogP contribution < -0.4 is 0 Å². The molecular formula is C5H10N-. The fraction of sp³-hybridized carbons (Fsp3) is 0.800. The Hall–Kier alpha value is -0.0400. The van der Waals surface area contributed by atoms with Crippen molar-refractivity contribution >= 4 is 0 Å². The van der Waals surface area contributed by atoms with Gasteiger partial charge in [0.25, 0.3) is 0 Å². The van der Waals surface area contributed by atoms with Crippen molar-refractivity contribution < 1.29 is 0 Å². The maximum atomic E-state index is 3.76. The lowest BCUT2D eigenvalue weighted by molar-refractivity contribution is 0.168. The fourth-order valence-corrected chi connectivity index (χ4v) is 0.570. The molecule has 1 saturated heterocycles. The van der Waals surface area contributed by atoms with E-state index >= 15 is 0 Å². The van der Waals surface area contributed by atoms with Gasteiger partial charge in [-0.05, 0) is 19.0 Å². The zero-order valence-electron chi connectivity index (χ0n) is 4.15. The van der Waals surface area contributed by atoms with Gasteiger partial charge in [-0.1, -0.05) is 6.92 Å². The number of hydrogen-bond donors (Lipinski definition) is 0. The lowest BCUT2D eigenvalue weighted by Gasteiger charge is -2.42. The molecule has 0 saturated carbocycles. The van der Waals surface area contributed by atoms with E-state index in [0.29, 0.717) is 0 Å². The summed E-state index contributed by atoms with van der Waals surface area (Å²) in [7, 11) is 3.76. The third-order valence-electron chi connectivity index (χ3n) is 1.46. The Bertz CT molecular complexity index is 43.9. The van der Waals surface area contributed by atoms with Gasteiger partial charge < -0.3 is 4.90 Å². The van der Waals surface area contributed by atoms with Crippen LogP contribution in [0.4, 0.5) is 0 Å². The Morgan fingerprint density at radius 1 is 1.83 bits per heavy atom. The molecule has 0 aliphatic carbocycles. The third-order valence-corrected chi connectivity index (χ3v) is 1.46. The molecule has 0 aromatic heterocycles. The van der Waals surface area contributed by atoms with Crippen LogP contribution in [-0.4, -0.2) is 17.5 Å². The average molecular weight is 84.1 g/mol. The van der Waals surface area contributed by atoms with Gasteiger partial charge in [0.1, 0.15) is 0 Å². The quantitative estimate of drug-likeness (QED) is 0.394. The van der Waals surface area contributed by atoms with E-state index in [1.54, 1.807) is 0 Å². The molecule has 0 aromatic carbocycles. The van der Waals surface area contributed by atoms with Crippen LogP contribution in [0.3, 0.4) is 0 Å². The van der Waals surface area contributed by atoms with Gasteiger partial charge in [-0.2, -0.15) is 0 Å². The van der Waals surface area contributed by atoms with E-state index in [2.05, 4.69) is 18.9 Å². The summed E-state index contributed by atoms with van der Waals surface area (Å²) in [6, 6.07) is 0.755. The van der Waals surface area contributed by atoms with E-state index in [4.69, 9.17) is 0 Å². The summed E-state index contributed by atoms with van der Waals surface area (Å²) < 4.78 is 0. The summed E-state index contributed by atoms with van der Waals surface area (Å²) in [6.45, 7) is 3.39. The highest BCUT2D eigenvalue weighted by Crippen LogP contribution is 2.12. The second-order valence-corrected chi connectivity index (χ2v) is 1.95. The van der Waals surface area contributed by atoms with Crippen LogP contribution in [0.1, 0.15) is 13.3 Å². The van der Waals surface area contributed by atoms with E-state index in [-0.39, 0.29) is 0 Å². The minimum Gasteiger partial charge on any atom is -0.457 e. The summed E-state index contributed by atoms with van der Waals surface area (Å²) in [5, 5.41) is 0. The molecule has 1 aliphatic heterocycles. The molecule has 0 N–H and O–H groups in total. The van der Waals surface area contributed by atoms with Gasteiger partial charge in [0.2, 0.25) is 0 Å². The van der Waals surface area contributed by atoms with Crippen LogP contribution in [0.5, 0.6) is 0 Å². The maximum Gasteiger partial charge on any atom is -0.0202 e. The molecule has 1 atom stereocenters. The Balaban J connectivity index is 2.20. The zero-order chi connectivity index (χ0) is 4.57. The largest absolute Gasteiger partial charge is 0.457 e. The molecule has 1 rings (SSSR count). The number of nitrogens with zero attached hydrogens (tertiary/aromatic N) is 1. The fourth-order valence-electron chi connectivity index (χ4n) is 0.570. The summed E-state index contributed by atoms with van der Waals surface area (Å²) >= 11 is 0. The van der Waals surface area contributed by atoms with Crippen molar-refractivity contribution in [1.82, 2.24) is 4.90 Å². The molecule has 0 unspecified atom stereocenters. The summed E-state index contributed by atoms with van der Waals surface area (Å²) in [4.78, 5) is 2.10. The van der Waals surface area contributed by atoms with E-state index in [9.17, 15) is 0 Å². The van der Waals surface area contributed by atoms with Gasteiger partial charge in [0, 0.05) is 0 Å². The predicted octanol–water partition coefficient (Wildman–Crippen LogP) is 0.872. The molecule has 36 valence electrons. The first kappa shape index (κ1) is 4.13. The minimum atomic E-state index is 0.755. The molecule has 0 bridgehead atoms. The second kappa shape index (κ2) is 1.23. The molecule has 0 radical (unpaired) electrons. The van der Waals surface area contributed by atoms with Crippen LogP contribution in [-0.2, 0) is 0 Å². The van der Waals surface area contributed by atoms with Crippen molar-refractivity contribution in [2.24, 2.45) is 0 Å². The van der Waals surface area contributed by atoms with E-state index in [1.807, 2.05) is 0 Å². The zero-order valence-corrected chi connectivity index (χ0v) is 4.15. The molecule has 1 heteroatoms. The average Bonchev–Trinajstić information content (AvgIpc) is 1.61. The summed E-state index contributed by atoms with van der Waals surface area (Å²) in [6.07, 6.45) is 1.34. The standard InChI is InChI=1S/C5H10N/c1-5-3-4-6(5)2/h5H,2-4H2,1H3/q-1/t5-/m1/s1. The van der Waals surface area contributed by atoms with E-state index in [0.717, 1.165) is 6.04 Å². The molecule has 0 amide bonds. The van der Waals surface area contributed by atoms with Crippen LogP contribution in [0.2, 0.25) is 0 Å². The van der Waals surface area contributed by atoms with Gasteiger partial charge in [0.05, 0.1) is 0 Å². The minimum absolute atomic E-state index is 0.755. The molecular weight excluding hydrogens is 74.1 g/mol. The molecule has 1 heterocycles. The van der Waals surface area contributed by atoms with Crippen LogP contribution in [0, 0.1) is 7.05 Å². The predicted molar refractivity (Wildman–Crippen MR) is 26.1 cm³/mol. The molecule has 0 aromatic rings. The van der Waals surface area contributed by atoms with Crippen molar-refractivity contribution in [1.29, 1.82) is 0 Å². The second-order valence-electron chi connectivity index (χ2n) is 1.95. The highest BCUT2D eigenvalue weighted by molar-refractivity contribution is 4.76. The summed E-state index contributed by atoms with van der Waals surface area (Å²) in [5.74, 6) is 0. The van der Waals surface area contributed by atoms with Gasteiger partial charge in [-0.3, -0.25) is 7.05 Å². The normalized spacial score (nSPS) is 36.0. The van der Waals surface area contributed by atoms with E-state index in [1.165, 1.54) is 13.0 Å². The highest BCUT2D eigenvalue weighted by atomic mass is 15.2. The van der Waals surface area contributed by atoms with Crippen LogP contribution in [0.25, 0.3) is 0 Å². The lowest BCUT2D eigenvalue weighted by Crippen LogP contribution is -2.40. The van der Waals surface area contributed by atoms with Gasteiger partial charge >= 0.3 is 0 Å². The van der Waals surface area contributed by atoms with Crippen molar-refractivity contribution in [3.8, 4) is 0 Å². The SMILES string of the molecule is [CH2-]N1CC[C@H]1C. The smallest absolute Gasteiger partial charge is 0.0202 e. The highest BCUT2D eigenvalue weighted by Gasteiger charge is 2.11. The number of hydrogen-bond acceptors (Lipinski definition) is 1. The van der Waals surface area contributed by atoms with Crippen molar-refractivity contribution in [2.45, 2.75) is 19.4 Å². The number of likely N-dealkylation sites (tertiary alicyclic amines) is 1. The third kappa shape index (κ3) is 0.432. The Morgan fingerprint density at radius 3 is 2.33 bits per heavy atom. The van der Waals surface area contributed by atoms with Crippen LogP contribution in [0.15, 0.2) is 0 Å². The summed E-state index contributed by atoms with van der Waals surface area (Å²) in [5.41, 5.74) is 0. The van der Waals surface area contributed by atoms with Crippen LogP contribution >= 0.6 is 0 Å². The monoisotopic (exact) mass is 84.1 g/mol.